The lowest BCUT2D eigenvalue weighted by molar-refractivity contribution is 0.415. The fourth-order valence-corrected chi connectivity index (χ4v) is 2.41. The molecule has 0 aliphatic heterocycles. The first kappa shape index (κ1) is 11.9. The van der Waals surface area contributed by atoms with Gasteiger partial charge in [-0.3, -0.25) is 0 Å². The second-order valence-corrected chi connectivity index (χ2v) is 4.66. The van der Waals surface area contributed by atoms with Crippen LogP contribution < -0.4 is 4.74 Å². The molecule has 0 N–H and O–H groups in total. The Morgan fingerprint density at radius 1 is 1.53 bits per heavy atom. The van der Waals surface area contributed by atoms with Gasteiger partial charge in [-0.1, -0.05) is 11.6 Å². The minimum absolute atomic E-state index is 0.342. The number of hydrogen-bond acceptors (Lipinski definition) is 4. The molecule has 0 fully saturated rings. The van der Waals surface area contributed by atoms with Crippen LogP contribution in [0.5, 0.6) is 5.75 Å². The zero-order valence-electron chi connectivity index (χ0n) is 9.11. The van der Waals surface area contributed by atoms with Crippen LogP contribution in [0.25, 0.3) is 11.3 Å². The van der Waals surface area contributed by atoms with Crippen molar-refractivity contribution in [2.75, 3.05) is 7.11 Å². The highest BCUT2D eigenvalue weighted by Crippen LogP contribution is 2.30. The monoisotopic (exact) mass is 264 g/mol. The van der Waals surface area contributed by atoms with E-state index in [1.807, 2.05) is 17.5 Å². The highest BCUT2D eigenvalue weighted by Gasteiger charge is 2.07. The number of ether oxygens (including phenoxy) is 1. The zero-order valence-corrected chi connectivity index (χ0v) is 10.7. The molecule has 0 saturated heterocycles. The Kier molecular flexibility index (Phi) is 3.62. The van der Waals surface area contributed by atoms with Crippen molar-refractivity contribution in [2.45, 2.75) is 6.42 Å². The molecule has 0 atom stereocenters. The summed E-state index contributed by atoms with van der Waals surface area (Å²) in [5.74, 6) is 0.642. The highest BCUT2D eigenvalue weighted by molar-refractivity contribution is 7.10. The van der Waals surface area contributed by atoms with Crippen molar-refractivity contribution in [1.29, 1.82) is 5.26 Å². The second-order valence-electron chi connectivity index (χ2n) is 3.31. The summed E-state index contributed by atoms with van der Waals surface area (Å²) in [6, 6.07) is 7.60. The maximum absolute atomic E-state index is 8.59. The first-order valence-corrected chi connectivity index (χ1v) is 6.15. The van der Waals surface area contributed by atoms with Crippen molar-refractivity contribution >= 4 is 22.9 Å². The normalized spacial score (nSPS) is 9.94. The maximum atomic E-state index is 8.59. The fraction of sp³-hybridized carbons (Fsp3) is 0.167. The summed E-state index contributed by atoms with van der Waals surface area (Å²) in [5.41, 5.74) is 1.76. The third kappa shape index (κ3) is 2.57. The number of benzene rings is 1. The molecule has 86 valence electrons. The van der Waals surface area contributed by atoms with E-state index >= 15 is 0 Å². The van der Waals surface area contributed by atoms with Crippen LogP contribution in [0.1, 0.15) is 5.01 Å². The van der Waals surface area contributed by atoms with Crippen molar-refractivity contribution in [3.05, 3.63) is 33.6 Å². The summed E-state index contributed by atoms with van der Waals surface area (Å²) in [6.07, 6.45) is 0.342. The van der Waals surface area contributed by atoms with E-state index in [-0.39, 0.29) is 0 Å². The Morgan fingerprint density at radius 2 is 2.35 bits per heavy atom. The Bertz CT molecular complexity index is 574. The van der Waals surface area contributed by atoms with E-state index < -0.39 is 0 Å². The van der Waals surface area contributed by atoms with Gasteiger partial charge in [-0.05, 0) is 18.2 Å². The second kappa shape index (κ2) is 5.17. The van der Waals surface area contributed by atoms with Gasteiger partial charge in [-0.25, -0.2) is 4.98 Å². The average Bonchev–Trinajstić information content (AvgIpc) is 2.78. The van der Waals surface area contributed by atoms with Crippen LogP contribution >= 0.6 is 22.9 Å². The standard InChI is InChI=1S/C12H9ClN2OS/c1-16-11-3-2-8(6-9(11)13)10-7-17-12(15-10)4-5-14/h2-3,6-7H,4H2,1H3. The topological polar surface area (TPSA) is 45.9 Å². The Balaban J connectivity index is 2.33. The smallest absolute Gasteiger partial charge is 0.137 e. The van der Waals surface area contributed by atoms with Gasteiger partial charge in [-0.15, -0.1) is 11.3 Å². The van der Waals surface area contributed by atoms with Gasteiger partial charge in [0.2, 0.25) is 0 Å². The lowest BCUT2D eigenvalue weighted by Gasteiger charge is -2.03. The van der Waals surface area contributed by atoms with Crippen LogP contribution in [0.2, 0.25) is 5.02 Å². The van der Waals surface area contributed by atoms with Crippen LogP contribution in [-0.4, -0.2) is 12.1 Å². The summed E-state index contributed by atoms with van der Waals surface area (Å²) < 4.78 is 5.09. The van der Waals surface area contributed by atoms with Gasteiger partial charge >= 0.3 is 0 Å². The van der Waals surface area contributed by atoms with Gasteiger partial charge in [0.05, 0.1) is 30.3 Å². The van der Waals surface area contributed by atoms with Crippen LogP contribution in [0.4, 0.5) is 0 Å². The van der Waals surface area contributed by atoms with Gasteiger partial charge in [0.1, 0.15) is 10.8 Å². The number of thiazole rings is 1. The predicted octanol–water partition coefficient (Wildman–Crippen LogP) is 3.54. The molecule has 3 nitrogen and oxygen atoms in total. The molecular formula is C12H9ClN2OS. The molecule has 2 rings (SSSR count). The van der Waals surface area contributed by atoms with Crippen LogP contribution in [0.3, 0.4) is 0 Å². The third-order valence-electron chi connectivity index (χ3n) is 2.23. The van der Waals surface area contributed by atoms with E-state index in [4.69, 9.17) is 21.6 Å². The van der Waals surface area contributed by atoms with Crippen LogP contribution in [0.15, 0.2) is 23.6 Å². The summed E-state index contributed by atoms with van der Waals surface area (Å²) in [7, 11) is 1.58. The molecule has 2 aromatic rings. The summed E-state index contributed by atoms with van der Waals surface area (Å²) in [5, 5.41) is 11.9. The molecular weight excluding hydrogens is 256 g/mol. The molecule has 0 unspecified atom stereocenters. The molecule has 5 heteroatoms. The number of methoxy groups -OCH3 is 1. The maximum Gasteiger partial charge on any atom is 0.137 e. The van der Waals surface area contributed by atoms with Crippen molar-refractivity contribution < 1.29 is 4.74 Å². The van der Waals surface area contributed by atoms with Gasteiger partial charge in [0, 0.05) is 10.9 Å². The number of aromatic nitrogens is 1. The van der Waals surface area contributed by atoms with Gasteiger partial charge < -0.3 is 4.74 Å². The molecule has 17 heavy (non-hydrogen) atoms. The van der Waals surface area contributed by atoms with E-state index in [0.717, 1.165) is 16.3 Å². The average molecular weight is 265 g/mol. The lowest BCUT2D eigenvalue weighted by Crippen LogP contribution is -1.86. The van der Waals surface area contributed by atoms with Crippen molar-refractivity contribution in [3.8, 4) is 23.1 Å². The number of nitriles is 1. The molecule has 0 aliphatic carbocycles. The fourth-order valence-electron chi connectivity index (χ4n) is 1.42. The van der Waals surface area contributed by atoms with Crippen LogP contribution in [-0.2, 0) is 6.42 Å². The quantitative estimate of drug-likeness (QED) is 0.852. The van der Waals surface area contributed by atoms with E-state index in [9.17, 15) is 0 Å². The SMILES string of the molecule is COc1ccc(-c2csc(CC#N)n2)cc1Cl. The van der Waals surface area contributed by atoms with Crippen molar-refractivity contribution in [2.24, 2.45) is 0 Å². The van der Waals surface area contributed by atoms with E-state index in [2.05, 4.69) is 11.1 Å². The number of hydrogen-bond donors (Lipinski definition) is 0. The van der Waals surface area contributed by atoms with Gasteiger partial charge in [-0.2, -0.15) is 5.26 Å². The number of halogens is 1. The Labute approximate surface area is 108 Å². The molecule has 0 radical (unpaired) electrons. The van der Waals surface area contributed by atoms with Crippen molar-refractivity contribution in [1.82, 2.24) is 4.98 Å². The first-order valence-electron chi connectivity index (χ1n) is 4.90. The zero-order chi connectivity index (χ0) is 12.3. The van der Waals surface area contributed by atoms with Crippen molar-refractivity contribution in [3.63, 3.8) is 0 Å². The minimum atomic E-state index is 0.342. The highest BCUT2D eigenvalue weighted by atomic mass is 35.5. The van der Waals surface area contributed by atoms with E-state index in [1.54, 1.807) is 13.2 Å². The minimum Gasteiger partial charge on any atom is -0.495 e. The molecule has 1 aromatic carbocycles. The molecule has 0 aliphatic rings. The molecule has 1 heterocycles. The Morgan fingerprint density at radius 3 is 3.00 bits per heavy atom. The summed E-state index contributed by atoms with van der Waals surface area (Å²) in [4.78, 5) is 4.36. The van der Waals surface area contributed by atoms with Crippen LogP contribution in [0, 0.1) is 11.3 Å². The number of rotatable bonds is 3. The molecule has 0 spiro atoms. The van der Waals surface area contributed by atoms with E-state index in [1.165, 1.54) is 11.3 Å². The third-order valence-corrected chi connectivity index (χ3v) is 3.37. The summed E-state index contributed by atoms with van der Waals surface area (Å²) >= 11 is 7.52. The molecule has 1 aromatic heterocycles. The summed E-state index contributed by atoms with van der Waals surface area (Å²) in [6.45, 7) is 0. The van der Waals surface area contributed by atoms with Gasteiger partial charge in [0.25, 0.3) is 0 Å². The van der Waals surface area contributed by atoms with Gasteiger partial charge in [0.15, 0.2) is 0 Å². The molecule has 0 bridgehead atoms. The first-order chi connectivity index (χ1) is 8.24. The lowest BCUT2D eigenvalue weighted by atomic mass is 10.2. The number of nitrogens with zero attached hydrogens (tertiary/aromatic N) is 2. The Hall–Kier alpha value is -1.57. The van der Waals surface area contributed by atoms with E-state index in [0.29, 0.717) is 17.2 Å². The molecule has 0 amide bonds. The predicted molar refractivity (Wildman–Crippen MR) is 68.4 cm³/mol. The molecule has 0 saturated carbocycles. The largest absolute Gasteiger partial charge is 0.495 e.